The van der Waals surface area contributed by atoms with Crippen LogP contribution in [0.1, 0.15) is 44.7 Å². The molecule has 0 saturated heterocycles. The Morgan fingerprint density at radius 3 is 2.18 bits per heavy atom. The predicted octanol–water partition coefficient (Wildman–Crippen LogP) is 3.39. The Morgan fingerprint density at radius 1 is 1.14 bits per heavy atom. The van der Waals surface area contributed by atoms with Crippen LogP contribution in [0.3, 0.4) is 0 Å². The molecule has 22 heavy (non-hydrogen) atoms. The third-order valence-electron chi connectivity index (χ3n) is 3.88. The highest BCUT2D eigenvalue weighted by atomic mass is 32.1. The molecule has 0 atom stereocenters. The fourth-order valence-electron chi connectivity index (χ4n) is 2.42. The molecule has 0 saturated carbocycles. The molecule has 0 spiro atoms. The summed E-state index contributed by atoms with van der Waals surface area (Å²) in [4.78, 5) is 23.3. The van der Waals surface area contributed by atoms with Crippen molar-refractivity contribution in [3.05, 3.63) is 35.4 Å². The van der Waals surface area contributed by atoms with Crippen LogP contribution < -0.4 is 0 Å². The zero-order valence-electron chi connectivity index (χ0n) is 13.3. The Morgan fingerprint density at radius 2 is 1.73 bits per heavy atom. The van der Waals surface area contributed by atoms with E-state index in [-0.39, 0.29) is 18.3 Å². The first-order valence-corrected chi connectivity index (χ1v) is 7.94. The second kappa shape index (κ2) is 7.18. The Kier molecular flexibility index (Phi) is 6.06. The third-order valence-corrected chi connectivity index (χ3v) is 4.20. The second-order valence-electron chi connectivity index (χ2n) is 6.65. The first-order chi connectivity index (χ1) is 10.1. The number of hydrogen-bond acceptors (Lipinski definition) is 3. The number of benzene rings is 1. The van der Waals surface area contributed by atoms with Gasteiger partial charge in [0.1, 0.15) is 0 Å². The van der Waals surface area contributed by atoms with Crippen molar-refractivity contribution >= 4 is 24.6 Å². The number of carbonyl (C=O) groups is 2. The zero-order chi connectivity index (χ0) is 17.0. The van der Waals surface area contributed by atoms with Crippen molar-refractivity contribution in [3.63, 3.8) is 0 Å². The van der Waals surface area contributed by atoms with Gasteiger partial charge >= 0.3 is 11.9 Å². The van der Waals surface area contributed by atoms with Crippen molar-refractivity contribution in [2.45, 2.75) is 45.4 Å². The average Bonchev–Trinajstić information content (AvgIpc) is 2.42. The molecule has 1 aromatic carbocycles. The summed E-state index contributed by atoms with van der Waals surface area (Å²) in [5, 5.41) is 19.0. The monoisotopic (exact) mass is 324 g/mol. The van der Waals surface area contributed by atoms with Gasteiger partial charge in [-0.1, -0.05) is 45.0 Å². The number of thiol groups is 1. The largest absolute Gasteiger partial charge is 0.480 e. The highest BCUT2D eigenvalue weighted by Crippen LogP contribution is 2.32. The molecule has 0 aliphatic carbocycles. The molecule has 0 aliphatic rings. The number of rotatable bonds is 7. The lowest BCUT2D eigenvalue weighted by molar-refractivity contribution is -0.165. The Labute approximate surface area is 137 Å². The van der Waals surface area contributed by atoms with Crippen LogP contribution in [0.2, 0.25) is 0 Å². The molecule has 122 valence electrons. The summed E-state index contributed by atoms with van der Waals surface area (Å²) < 4.78 is 0. The minimum absolute atomic E-state index is 0.0185. The van der Waals surface area contributed by atoms with Crippen LogP contribution in [0, 0.1) is 5.41 Å². The van der Waals surface area contributed by atoms with Gasteiger partial charge in [0.05, 0.1) is 0 Å². The summed E-state index contributed by atoms with van der Waals surface area (Å²) in [5.41, 5.74) is -0.0737. The topological polar surface area (TPSA) is 74.6 Å². The molecule has 0 unspecified atom stereocenters. The van der Waals surface area contributed by atoms with E-state index in [1.807, 2.05) is 18.2 Å². The normalized spacial score (nSPS) is 12.2. The van der Waals surface area contributed by atoms with Gasteiger partial charge in [0, 0.05) is 0 Å². The first kappa shape index (κ1) is 18.6. The van der Waals surface area contributed by atoms with E-state index in [2.05, 4.69) is 33.4 Å². The summed E-state index contributed by atoms with van der Waals surface area (Å²) in [7, 11) is 0. The highest BCUT2D eigenvalue weighted by molar-refractivity contribution is 7.80. The SMILES string of the molecule is CC(C)(C)c1cccc(CC(CCCS)(C(=O)O)C(=O)O)c1. The standard InChI is InChI=1S/C17H24O4S/c1-16(2,3)13-7-4-6-12(10-13)11-17(14(18)19,15(20)21)8-5-9-22/h4,6-7,10,22H,5,8-9,11H2,1-3H3,(H,18,19)(H,20,21). The average molecular weight is 324 g/mol. The van der Waals surface area contributed by atoms with E-state index in [4.69, 9.17) is 0 Å². The summed E-state index contributed by atoms with van der Waals surface area (Å²) in [6.45, 7) is 6.19. The summed E-state index contributed by atoms with van der Waals surface area (Å²) in [6, 6.07) is 7.52. The van der Waals surface area contributed by atoms with Gasteiger partial charge in [0.15, 0.2) is 5.41 Å². The van der Waals surface area contributed by atoms with Gasteiger partial charge in [-0.2, -0.15) is 12.6 Å². The van der Waals surface area contributed by atoms with E-state index in [9.17, 15) is 19.8 Å². The van der Waals surface area contributed by atoms with Crippen LogP contribution in [0.25, 0.3) is 0 Å². The number of hydrogen-bond donors (Lipinski definition) is 3. The minimum Gasteiger partial charge on any atom is -0.480 e. The van der Waals surface area contributed by atoms with Crippen molar-refractivity contribution in [2.24, 2.45) is 5.41 Å². The van der Waals surface area contributed by atoms with Crippen LogP contribution in [0.15, 0.2) is 24.3 Å². The molecule has 0 fully saturated rings. The number of aliphatic carboxylic acids is 2. The van der Waals surface area contributed by atoms with Crippen molar-refractivity contribution in [3.8, 4) is 0 Å². The molecule has 1 rings (SSSR count). The molecular weight excluding hydrogens is 300 g/mol. The molecule has 1 aromatic rings. The molecule has 0 amide bonds. The number of carboxylic acids is 2. The lowest BCUT2D eigenvalue weighted by Crippen LogP contribution is -2.41. The number of carboxylic acid groups (broad SMARTS) is 2. The second-order valence-corrected chi connectivity index (χ2v) is 7.09. The van der Waals surface area contributed by atoms with Crippen molar-refractivity contribution in [2.75, 3.05) is 5.75 Å². The van der Waals surface area contributed by atoms with Gasteiger partial charge < -0.3 is 10.2 Å². The first-order valence-electron chi connectivity index (χ1n) is 7.30. The van der Waals surface area contributed by atoms with Crippen LogP contribution in [0.5, 0.6) is 0 Å². The van der Waals surface area contributed by atoms with Crippen LogP contribution in [-0.4, -0.2) is 27.9 Å². The van der Waals surface area contributed by atoms with Gasteiger partial charge in [-0.05, 0) is 41.6 Å². The van der Waals surface area contributed by atoms with E-state index in [0.29, 0.717) is 12.2 Å². The maximum atomic E-state index is 11.6. The van der Waals surface area contributed by atoms with Gasteiger partial charge in [0.25, 0.3) is 0 Å². The molecule has 0 bridgehead atoms. The Hall–Kier alpha value is -1.49. The quantitative estimate of drug-likeness (QED) is 0.531. The Balaban J connectivity index is 3.19. The van der Waals surface area contributed by atoms with Gasteiger partial charge in [-0.3, -0.25) is 9.59 Å². The maximum absolute atomic E-state index is 11.6. The lowest BCUT2D eigenvalue weighted by atomic mass is 9.76. The summed E-state index contributed by atoms with van der Waals surface area (Å²) >= 11 is 4.06. The molecular formula is C17H24O4S. The van der Waals surface area contributed by atoms with Crippen molar-refractivity contribution in [1.29, 1.82) is 0 Å². The molecule has 2 N–H and O–H groups in total. The maximum Gasteiger partial charge on any atom is 0.321 e. The van der Waals surface area contributed by atoms with Gasteiger partial charge in [-0.25, -0.2) is 0 Å². The smallest absolute Gasteiger partial charge is 0.321 e. The fourth-order valence-corrected chi connectivity index (χ4v) is 2.58. The van der Waals surface area contributed by atoms with E-state index in [0.717, 1.165) is 11.1 Å². The molecule has 0 radical (unpaired) electrons. The fraction of sp³-hybridized carbons (Fsp3) is 0.529. The van der Waals surface area contributed by atoms with Gasteiger partial charge in [0.2, 0.25) is 0 Å². The van der Waals surface area contributed by atoms with Crippen LogP contribution in [0.4, 0.5) is 0 Å². The van der Waals surface area contributed by atoms with E-state index in [1.165, 1.54) is 0 Å². The zero-order valence-corrected chi connectivity index (χ0v) is 14.2. The van der Waals surface area contributed by atoms with Crippen LogP contribution in [-0.2, 0) is 21.4 Å². The molecule has 0 heterocycles. The predicted molar refractivity (Wildman–Crippen MR) is 89.6 cm³/mol. The lowest BCUT2D eigenvalue weighted by Gasteiger charge is -2.26. The summed E-state index contributed by atoms with van der Waals surface area (Å²) in [5.74, 6) is -2.12. The van der Waals surface area contributed by atoms with Crippen molar-refractivity contribution in [1.82, 2.24) is 0 Å². The van der Waals surface area contributed by atoms with Crippen LogP contribution >= 0.6 is 12.6 Å². The minimum atomic E-state index is -1.79. The highest BCUT2D eigenvalue weighted by Gasteiger charge is 2.46. The molecule has 0 aromatic heterocycles. The third kappa shape index (κ3) is 4.26. The molecule has 4 nitrogen and oxygen atoms in total. The molecule has 5 heteroatoms. The van der Waals surface area contributed by atoms with E-state index in [1.54, 1.807) is 6.07 Å². The Bertz CT molecular complexity index is 532. The van der Waals surface area contributed by atoms with E-state index >= 15 is 0 Å². The molecule has 0 aliphatic heterocycles. The summed E-state index contributed by atoms with van der Waals surface area (Å²) in [6.07, 6.45) is 0.497. The van der Waals surface area contributed by atoms with Crippen molar-refractivity contribution < 1.29 is 19.8 Å². The van der Waals surface area contributed by atoms with Gasteiger partial charge in [-0.15, -0.1) is 0 Å². The van der Waals surface area contributed by atoms with E-state index < -0.39 is 17.4 Å².